The molecule has 0 fully saturated rings. The minimum atomic E-state index is -0.612. The second-order valence-corrected chi connectivity index (χ2v) is 5.24. The Bertz CT molecular complexity index is 914. The van der Waals surface area contributed by atoms with Crippen LogP contribution in [-0.4, -0.2) is 22.8 Å². The Morgan fingerprint density at radius 1 is 0.955 bits per heavy atom. The van der Waals surface area contributed by atoms with Gasteiger partial charge in [-0.3, -0.25) is 9.59 Å². The van der Waals surface area contributed by atoms with Crippen LogP contribution in [0.15, 0.2) is 29.3 Å². The number of halogens is 2. The average molecular weight is 334 g/mol. The number of ketones is 2. The second-order valence-electron chi connectivity index (χ2n) is 4.48. The van der Waals surface area contributed by atoms with E-state index in [1.807, 2.05) is 0 Å². The first kappa shape index (κ1) is 14.5. The quantitative estimate of drug-likeness (QED) is 0.546. The van der Waals surface area contributed by atoms with Gasteiger partial charge >= 0.3 is 0 Å². The normalized spacial score (nSPS) is 12.5. The van der Waals surface area contributed by atoms with Crippen molar-refractivity contribution in [1.82, 2.24) is 0 Å². The lowest BCUT2D eigenvalue weighted by molar-refractivity contribution is 0.0977. The van der Waals surface area contributed by atoms with Gasteiger partial charge in [0.1, 0.15) is 16.5 Å². The van der Waals surface area contributed by atoms with E-state index >= 15 is 0 Å². The lowest BCUT2D eigenvalue weighted by Crippen LogP contribution is -2.21. The van der Waals surface area contributed by atoms with Crippen molar-refractivity contribution in [3.8, 4) is 5.75 Å². The van der Waals surface area contributed by atoms with Crippen LogP contribution in [0.2, 0.25) is 10.0 Å². The molecule has 0 heterocycles. The number of benzene rings is 2. The minimum absolute atomic E-state index is 0.134. The van der Waals surface area contributed by atoms with E-state index in [2.05, 4.69) is 4.99 Å². The van der Waals surface area contributed by atoms with Crippen molar-refractivity contribution in [1.29, 1.82) is 0 Å². The summed E-state index contributed by atoms with van der Waals surface area (Å²) in [4.78, 5) is 39.1. The van der Waals surface area contributed by atoms with E-state index in [1.165, 1.54) is 18.2 Å². The number of hydrogen-bond acceptors (Lipinski definition) is 5. The number of phenols is 1. The van der Waals surface area contributed by atoms with E-state index in [9.17, 15) is 19.5 Å². The number of fused-ring (bicyclic) bond motifs is 2. The van der Waals surface area contributed by atoms with E-state index in [-0.39, 0.29) is 38.0 Å². The summed E-state index contributed by atoms with van der Waals surface area (Å²) in [5, 5.41) is 9.46. The van der Waals surface area contributed by atoms with Crippen LogP contribution in [-0.2, 0) is 4.79 Å². The minimum Gasteiger partial charge on any atom is -0.506 e. The molecule has 0 aromatic heterocycles. The van der Waals surface area contributed by atoms with Crippen molar-refractivity contribution >= 4 is 46.5 Å². The third-order valence-corrected chi connectivity index (χ3v) is 4.19. The number of nitrogens with zero attached hydrogens (tertiary/aromatic N) is 1. The first-order valence-corrected chi connectivity index (χ1v) is 6.74. The van der Waals surface area contributed by atoms with Crippen LogP contribution >= 0.6 is 23.2 Å². The van der Waals surface area contributed by atoms with Gasteiger partial charge in [-0.15, -0.1) is 0 Å². The van der Waals surface area contributed by atoms with Crippen LogP contribution in [0.25, 0.3) is 0 Å². The lowest BCUT2D eigenvalue weighted by atomic mass is 9.82. The van der Waals surface area contributed by atoms with Gasteiger partial charge in [0.25, 0.3) is 0 Å². The maximum absolute atomic E-state index is 12.6. The number of phenolic OH excluding ortho intramolecular Hbond substituents is 1. The number of hydrogen-bond donors (Lipinski definition) is 1. The highest BCUT2D eigenvalue weighted by molar-refractivity contribution is 6.47. The third kappa shape index (κ3) is 1.81. The summed E-state index contributed by atoms with van der Waals surface area (Å²) in [6, 6.07) is 6.11. The fraction of sp³-hybridized carbons (Fsp3) is 0. The topological polar surface area (TPSA) is 83.8 Å². The van der Waals surface area contributed by atoms with Gasteiger partial charge in [-0.2, -0.15) is 4.99 Å². The van der Waals surface area contributed by atoms with Gasteiger partial charge in [0.2, 0.25) is 6.08 Å². The van der Waals surface area contributed by atoms with Crippen LogP contribution in [0.4, 0.5) is 5.69 Å². The largest absolute Gasteiger partial charge is 0.506 e. The summed E-state index contributed by atoms with van der Waals surface area (Å²) < 4.78 is 0. The van der Waals surface area contributed by atoms with E-state index < -0.39 is 17.3 Å². The monoisotopic (exact) mass is 333 g/mol. The molecule has 2 aromatic carbocycles. The maximum atomic E-state index is 12.6. The highest BCUT2D eigenvalue weighted by Crippen LogP contribution is 2.47. The Morgan fingerprint density at radius 3 is 2.05 bits per heavy atom. The van der Waals surface area contributed by atoms with Crippen molar-refractivity contribution in [2.75, 3.05) is 0 Å². The van der Waals surface area contributed by atoms with E-state index in [0.29, 0.717) is 0 Å². The summed E-state index contributed by atoms with van der Waals surface area (Å²) in [7, 11) is 0. The SMILES string of the molecule is O=C=Nc1c(Cl)c(Cl)c(O)c2c1C(=O)c1ccccc1C2=O. The zero-order valence-electron chi connectivity index (χ0n) is 10.7. The molecule has 1 N–H and O–H groups in total. The molecule has 0 saturated carbocycles. The molecule has 5 nitrogen and oxygen atoms in total. The van der Waals surface area contributed by atoms with Crippen LogP contribution in [0.1, 0.15) is 31.8 Å². The smallest absolute Gasteiger partial charge is 0.240 e. The first-order valence-electron chi connectivity index (χ1n) is 5.99. The molecule has 0 saturated heterocycles. The van der Waals surface area contributed by atoms with Crippen LogP contribution in [0.5, 0.6) is 5.75 Å². The second kappa shape index (κ2) is 5.07. The Kier molecular flexibility index (Phi) is 3.34. The molecule has 22 heavy (non-hydrogen) atoms. The van der Waals surface area contributed by atoms with Crippen molar-refractivity contribution in [3.63, 3.8) is 0 Å². The molecule has 1 aliphatic rings. The summed E-state index contributed by atoms with van der Waals surface area (Å²) in [5.41, 5.74) is -0.566. The predicted octanol–water partition coefficient (Wildman–Crippen LogP) is 3.44. The number of carbonyl (C=O) groups excluding carboxylic acids is 3. The first-order chi connectivity index (χ1) is 10.5. The van der Waals surface area contributed by atoms with Crippen molar-refractivity contribution < 1.29 is 19.5 Å². The molecule has 0 radical (unpaired) electrons. The van der Waals surface area contributed by atoms with Crippen LogP contribution in [0.3, 0.4) is 0 Å². The molecule has 0 unspecified atom stereocenters. The predicted molar refractivity (Wildman–Crippen MR) is 79.2 cm³/mol. The fourth-order valence-corrected chi connectivity index (χ4v) is 2.82. The lowest BCUT2D eigenvalue weighted by Gasteiger charge is -2.20. The third-order valence-electron chi connectivity index (χ3n) is 3.36. The van der Waals surface area contributed by atoms with Gasteiger partial charge < -0.3 is 5.11 Å². The molecule has 3 rings (SSSR count). The van der Waals surface area contributed by atoms with Crippen molar-refractivity contribution in [3.05, 3.63) is 56.6 Å². The van der Waals surface area contributed by atoms with Gasteiger partial charge in [0.05, 0.1) is 16.1 Å². The van der Waals surface area contributed by atoms with Gasteiger partial charge in [-0.05, 0) is 0 Å². The zero-order chi connectivity index (χ0) is 16.0. The van der Waals surface area contributed by atoms with Crippen molar-refractivity contribution in [2.24, 2.45) is 4.99 Å². The fourth-order valence-electron chi connectivity index (χ4n) is 2.41. The maximum Gasteiger partial charge on any atom is 0.240 e. The highest BCUT2D eigenvalue weighted by atomic mass is 35.5. The molecule has 0 aliphatic heterocycles. The van der Waals surface area contributed by atoms with Crippen LogP contribution < -0.4 is 0 Å². The number of aromatic hydroxyl groups is 1. The van der Waals surface area contributed by atoms with Crippen molar-refractivity contribution in [2.45, 2.75) is 0 Å². The molecule has 7 heteroatoms. The van der Waals surface area contributed by atoms with E-state index in [0.717, 1.165) is 0 Å². The highest BCUT2D eigenvalue weighted by Gasteiger charge is 2.37. The van der Waals surface area contributed by atoms with E-state index in [1.54, 1.807) is 12.1 Å². The molecule has 0 bridgehead atoms. The Morgan fingerprint density at radius 2 is 1.50 bits per heavy atom. The molecule has 1 aliphatic carbocycles. The van der Waals surface area contributed by atoms with Gasteiger partial charge in [0, 0.05) is 11.1 Å². The van der Waals surface area contributed by atoms with Gasteiger partial charge in [-0.1, -0.05) is 47.5 Å². The summed E-state index contributed by atoms with van der Waals surface area (Å²) in [5.74, 6) is -1.78. The molecule has 108 valence electrons. The Labute approximate surface area is 133 Å². The summed E-state index contributed by atoms with van der Waals surface area (Å²) in [6.07, 6.45) is 1.27. The van der Waals surface area contributed by atoms with Gasteiger partial charge in [-0.25, -0.2) is 4.79 Å². The Balaban J connectivity index is 2.50. The molecule has 0 spiro atoms. The molecular weight excluding hydrogens is 329 g/mol. The Hall–Kier alpha value is -2.46. The summed E-state index contributed by atoms with van der Waals surface area (Å²) in [6.45, 7) is 0. The number of aliphatic imine (C=N–C) groups is 1. The van der Waals surface area contributed by atoms with E-state index in [4.69, 9.17) is 23.2 Å². The zero-order valence-corrected chi connectivity index (χ0v) is 12.2. The molecule has 0 atom stereocenters. The molecule has 0 amide bonds. The average Bonchev–Trinajstić information content (AvgIpc) is 2.53. The van der Waals surface area contributed by atoms with Crippen LogP contribution in [0, 0.1) is 0 Å². The number of isocyanates is 1. The molecule has 2 aromatic rings. The standard InChI is InChI=1S/C15H5Cl2NO4/c16-10-11(17)15(22)9-8(12(10)18-5-19)13(20)6-3-1-2-4-7(6)14(9)21/h1-4,22H. The molecular formula is C15H5Cl2NO4. The number of carbonyl (C=O) groups is 2. The number of rotatable bonds is 1. The van der Waals surface area contributed by atoms with Gasteiger partial charge in [0.15, 0.2) is 11.6 Å². The summed E-state index contributed by atoms with van der Waals surface area (Å²) >= 11 is 11.8.